The van der Waals surface area contributed by atoms with Gasteiger partial charge in [-0.15, -0.1) is 0 Å². The second-order valence-corrected chi connectivity index (χ2v) is 5.24. The summed E-state index contributed by atoms with van der Waals surface area (Å²) in [4.78, 5) is 11.2. The Kier molecular flexibility index (Phi) is 4.03. The first-order valence-electron chi connectivity index (χ1n) is 4.88. The van der Waals surface area contributed by atoms with Crippen molar-refractivity contribution in [1.29, 1.82) is 0 Å². The fourth-order valence-corrected chi connectivity index (χ4v) is 2.26. The minimum Gasteiger partial charge on any atom is -0.322 e. The molecule has 1 aromatic rings. The molecule has 6 heteroatoms. The Morgan fingerprint density at radius 1 is 1.41 bits per heavy atom. The van der Waals surface area contributed by atoms with Crippen LogP contribution in [0.1, 0.15) is 5.56 Å². The summed E-state index contributed by atoms with van der Waals surface area (Å²) >= 11 is 0. The molecule has 0 saturated carbocycles. The number of hydrogen-bond acceptors (Lipinski definition) is 3. The van der Waals surface area contributed by atoms with Gasteiger partial charge < -0.3 is 5.32 Å². The number of amides is 1. The summed E-state index contributed by atoms with van der Waals surface area (Å²) in [6, 6.07) is 4.66. The van der Waals surface area contributed by atoms with E-state index in [-0.39, 0.29) is 10.8 Å². The summed E-state index contributed by atoms with van der Waals surface area (Å²) in [7, 11) is -2.18. The maximum atomic E-state index is 11.7. The Hall–Kier alpha value is -1.66. The third kappa shape index (κ3) is 3.15. The molecule has 5 nitrogen and oxygen atoms in total. The van der Waals surface area contributed by atoms with E-state index >= 15 is 0 Å². The quantitative estimate of drug-likeness (QED) is 0.788. The van der Waals surface area contributed by atoms with Crippen molar-refractivity contribution in [3.05, 3.63) is 36.4 Å². The van der Waals surface area contributed by atoms with Crippen LogP contribution in [-0.2, 0) is 14.8 Å². The second kappa shape index (κ2) is 5.11. The highest BCUT2D eigenvalue weighted by Crippen LogP contribution is 2.19. The number of rotatable bonds is 4. The van der Waals surface area contributed by atoms with Crippen molar-refractivity contribution in [2.75, 3.05) is 12.4 Å². The van der Waals surface area contributed by atoms with Gasteiger partial charge in [-0.25, -0.2) is 13.1 Å². The van der Waals surface area contributed by atoms with E-state index in [1.165, 1.54) is 13.1 Å². The van der Waals surface area contributed by atoms with Gasteiger partial charge >= 0.3 is 0 Å². The maximum absolute atomic E-state index is 11.7. The van der Waals surface area contributed by atoms with Crippen LogP contribution in [0.25, 0.3) is 0 Å². The highest BCUT2D eigenvalue weighted by atomic mass is 32.2. The molecule has 0 aliphatic rings. The molecule has 0 radical (unpaired) electrons. The second-order valence-electron chi connectivity index (χ2n) is 3.38. The van der Waals surface area contributed by atoms with Crippen molar-refractivity contribution in [3.8, 4) is 0 Å². The van der Waals surface area contributed by atoms with E-state index < -0.39 is 10.0 Å². The van der Waals surface area contributed by atoms with E-state index in [1.54, 1.807) is 19.1 Å². The minimum atomic E-state index is -3.52. The van der Waals surface area contributed by atoms with E-state index in [1.807, 2.05) is 0 Å². The molecular formula is C11H14N2O3S. The summed E-state index contributed by atoms with van der Waals surface area (Å²) in [6.45, 7) is 5.00. The lowest BCUT2D eigenvalue weighted by atomic mass is 10.2. The van der Waals surface area contributed by atoms with Crippen LogP contribution < -0.4 is 10.0 Å². The molecule has 17 heavy (non-hydrogen) atoms. The lowest BCUT2D eigenvalue weighted by molar-refractivity contribution is -0.111. The highest BCUT2D eigenvalue weighted by molar-refractivity contribution is 7.89. The molecule has 1 amide bonds. The fourth-order valence-electron chi connectivity index (χ4n) is 1.27. The lowest BCUT2D eigenvalue weighted by Crippen LogP contribution is -2.20. The number of carbonyl (C=O) groups is 1. The predicted octanol–water partition coefficient (Wildman–Crippen LogP) is 1.03. The van der Waals surface area contributed by atoms with Crippen LogP contribution in [0.2, 0.25) is 0 Å². The van der Waals surface area contributed by atoms with Gasteiger partial charge in [0.2, 0.25) is 15.9 Å². The Labute approximate surface area is 101 Å². The molecule has 0 unspecified atom stereocenters. The lowest BCUT2D eigenvalue weighted by Gasteiger charge is -2.09. The zero-order valence-electron chi connectivity index (χ0n) is 9.65. The van der Waals surface area contributed by atoms with E-state index in [9.17, 15) is 13.2 Å². The minimum absolute atomic E-state index is 0.141. The van der Waals surface area contributed by atoms with Gasteiger partial charge in [-0.2, -0.15) is 0 Å². The van der Waals surface area contributed by atoms with Crippen molar-refractivity contribution < 1.29 is 13.2 Å². The summed E-state index contributed by atoms with van der Waals surface area (Å²) in [5, 5.41) is 2.51. The van der Waals surface area contributed by atoms with Gasteiger partial charge in [0.1, 0.15) is 0 Å². The molecule has 0 atom stereocenters. The highest BCUT2D eigenvalue weighted by Gasteiger charge is 2.15. The van der Waals surface area contributed by atoms with Gasteiger partial charge in [0.05, 0.1) is 4.90 Å². The van der Waals surface area contributed by atoms with E-state index in [4.69, 9.17) is 0 Å². The number of sulfonamides is 1. The third-order valence-electron chi connectivity index (χ3n) is 2.20. The van der Waals surface area contributed by atoms with E-state index in [0.29, 0.717) is 11.3 Å². The molecule has 2 N–H and O–H groups in total. The molecule has 0 aliphatic heterocycles. The van der Waals surface area contributed by atoms with Crippen LogP contribution in [0, 0.1) is 6.92 Å². The average molecular weight is 254 g/mol. The first-order valence-corrected chi connectivity index (χ1v) is 6.36. The molecule has 92 valence electrons. The summed E-state index contributed by atoms with van der Waals surface area (Å²) < 4.78 is 25.6. The van der Waals surface area contributed by atoms with Crippen molar-refractivity contribution in [3.63, 3.8) is 0 Å². The first kappa shape index (κ1) is 13.4. The Balaban J connectivity index is 3.20. The van der Waals surface area contributed by atoms with Gasteiger partial charge in [0.15, 0.2) is 0 Å². The van der Waals surface area contributed by atoms with Crippen LogP contribution >= 0.6 is 0 Å². The number of anilines is 1. The molecular weight excluding hydrogens is 240 g/mol. The van der Waals surface area contributed by atoms with Crippen LogP contribution in [0.15, 0.2) is 35.7 Å². The summed E-state index contributed by atoms with van der Waals surface area (Å²) in [6.07, 6.45) is 1.12. The van der Waals surface area contributed by atoms with Crippen LogP contribution in [-0.4, -0.2) is 21.4 Å². The molecule has 0 aliphatic carbocycles. The first-order chi connectivity index (χ1) is 7.90. The Morgan fingerprint density at radius 3 is 2.59 bits per heavy atom. The topological polar surface area (TPSA) is 75.3 Å². The number of benzene rings is 1. The predicted molar refractivity (Wildman–Crippen MR) is 66.3 cm³/mol. The van der Waals surface area contributed by atoms with Gasteiger partial charge in [0.25, 0.3) is 0 Å². The van der Waals surface area contributed by atoms with Crippen molar-refractivity contribution >= 4 is 21.6 Å². The maximum Gasteiger partial charge on any atom is 0.247 e. The number of hydrogen-bond donors (Lipinski definition) is 2. The number of aryl methyl sites for hydroxylation is 1. The number of nitrogens with one attached hydrogen (secondary N) is 2. The Morgan fingerprint density at radius 2 is 2.06 bits per heavy atom. The molecule has 1 rings (SSSR count). The number of carbonyl (C=O) groups excluding carboxylic acids is 1. The monoisotopic (exact) mass is 254 g/mol. The van der Waals surface area contributed by atoms with Crippen molar-refractivity contribution in [1.82, 2.24) is 4.72 Å². The molecule has 0 spiro atoms. The van der Waals surface area contributed by atoms with Gasteiger partial charge in [0, 0.05) is 5.69 Å². The standard InChI is InChI=1S/C11H14N2O3S/c1-4-11(14)13-9-6-5-8(2)10(7-9)17(15,16)12-3/h4-7,12H,1H2,2-3H3,(H,13,14). The van der Waals surface area contributed by atoms with E-state index in [0.717, 1.165) is 6.08 Å². The van der Waals surface area contributed by atoms with Gasteiger partial charge in [-0.05, 0) is 37.7 Å². The third-order valence-corrected chi connectivity index (χ3v) is 3.76. The normalized spacial score (nSPS) is 10.9. The largest absolute Gasteiger partial charge is 0.322 e. The SMILES string of the molecule is C=CC(=O)Nc1ccc(C)c(S(=O)(=O)NC)c1. The van der Waals surface area contributed by atoms with Crippen molar-refractivity contribution in [2.45, 2.75) is 11.8 Å². The molecule has 0 heterocycles. The van der Waals surface area contributed by atoms with E-state index in [2.05, 4.69) is 16.6 Å². The Bertz CT molecular complexity index is 550. The smallest absolute Gasteiger partial charge is 0.247 e. The molecule has 0 aromatic heterocycles. The molecule has 0 fully saturated rings. The fraction of sp³-hybridized carbons (Fsp3) is 0.182. The van der Waals surface area contributed by atoms with Gasteiger partial charge in [-0.1, -0.05) is 12.6 Å². The zero-order chi connectivity index (χ0) is 13.1. The zero-order valence-corrected chi connectivity index (χ0v) is 10.5. The van der Waals surface area contributed by atoms with Crippen LogP contribution in [0.3, 0.4) is 0 Å². The van der Waals surface area contributed by atoms with Crippen molar-refractivity contribution in [2.24, 2.45) is 0 Å². The summed E-state index contributed by atoms with van der Waals surface area (Å²) in [5.74, 6) is -0.387. The van der Waals surface area contributed by atoms with Crippen LogP contribution in [0.4, 0.5) is 5.69 Å². The summed E-state index contributed by atoms with van der Waals surface area (Å²) in [5.41, 5.74) is 1.02. The molecule has 0 saturated heterocycles. The molecule has 0 bridgehead atoms. The average Bonchev–Trinajstić information content (AvgIpc) is 2.31. The molecule has 1 aromatic carbocycles. The van der Waals surface area contributed by atoms with Gasteiger partial charge in [-0.3, -0.25) is 4.79 Å². The van der Waals surface area contributed by atoms with Crippen LogP contribution in [0.5, 0.6) is 0 Å².